The summed E-state index contributed by atoms with van der Waals surface area (Å²) in [4.78, 5) is 28.6. The summed E-state index contributed by atoms with van der Waals surface area (Å²) < 4.78 is 16.9. The van der Waals surface area contributed by atoms with Gasteiger partial charge in [-0.15, -0.1) is 0 Å². The average molecular weight is 499 g/mol. The van der Waals surface area contributed by atoms with Crippen molar-refractivity contribution in [1.82, 2.24) is 10.4 Å². The van der Waals surface area contributed by atoms with Crippen molar-refractivity contribution in [1.29, 1.82) is 0 Å². The zero-order valence-electron chi connectivity index (χ0n) is 20.5. The van der Waals surface area contributed by atoms with E-state index in [4.69, 9.17) is 14.2 Å². The van der Waals surface area contributed by atoms with Crippen molar-refractivity contribution in [2.45, 2.75) is 19.3 Å². The maximum Gasteiger partial charge on any atom is 0.345 e. The quantitative estimate of drug-likeness (QED) is 0.255. The molecule has 2 N–H and O–H groups in total. The monoisotopic (exact) mass is 498 g/mol. The van der Waals surface area contributed by atoms with Crippen LogP contribution in [0, 0.1) is 0 Å². The van der Waals surface area contributed by atoms with Crippen molar-refractivity contribution < 1.29 is 23.8 Å². The van der Waals surface area contributed by atoms with E-state index in [1.807, 2.05) is 24.3 Å². The third-order valence-electron chi connectivity index (χ3n) is 6.27. The van der Waals surface area contributed by atoms with Crippen molar-refractivity contribution in [2.24, 2.45) is 0 Å². The molecule has 0 aliphatic heterocycles. The number of amides is 3. The molecule has 1 heterocycles. The van der Waals surface area contributed by atoms with Crippen LogP contribution in [0.1, 0.15) is 17.5 Å². The smallest absolute Gasteiger partial charge is 0.345 e. The number of carbonyl (C=O) groups excluding carboxylic acids is 2. The highest BCUT2D eigenvalue weighted by atomic mass is 16.5. The fourth-order valence-electron chi connectivity index (χ4n) is 4.45. The molecular formula is C28H26N4O5. The Morgan fingerprint density at radius 3 is 2.43 bits per heavy atom. The fourth-order valence-corrected chi connectivity index (χ4v) is 4.45. The number of pyridine rings is 1. The van der Waals surface area contributed by atoms with Gasteiger partial charge in [0, 0.05) is 23.3 Å². The lowest BCUT2D eigenvalue weighted by Gasteiger charge is -2.22. The molecule has 0 spiro atoms. The number of rotatable bonds is 8. The van der Waals surface area contributed by atoms with Gasteiger partial charge in [-0.05, 0) is 78.9 Å². The van der Waals surface area contributed by atoms with Crippen LogP contribution in [0.2, 0.25) is 0 Å². The summed E-state index contributed by atoms with van der Waals surface area (Å²) in [5, 5.41) is 4.77. The van der Waals surface area contributed by atoms with E-state index in [0.717, 1.165) is 24.6 Å². The molecule has 37 heavy (non-hydrogen) atoms. The molecular weight excluding hydrogens is 472 g/mol. The number of nitrogens with one attached hydrogen (secondary N) is 2. The van der Waals surface area contributed by atoms with Crippen LogP contribution in [0.15, 0.2) is 66.9 Å². The van der Waals surface area contributed by atoms with Crippen molar-refractivity contribution in [3.05, 3.63) is 78.0 Å². The topological polar surface area (TPSA) is 102 Å². The molecule has 5 rings (SSSR count). The second-order valence-electron chi connectivity index (χ2n) is 8.48. The van der Waals surface area contributed by atoms with E-state index in [2.05, 4.69) is 15.7 Å². The Kier molecular flexibility index (Phi) is 6.76. The van der Waals surface area contributed by atoms with E-state index in [9.17, 15) is 9.59 Å². The predicted octanol–water partition coefficient (Wildman–Crippen LogP) is 5.23. The summed E-state index contributed by atoms with van der Waals surface area (Å²) in [6.07, 6.45) is 5.24. The Balaban J connectivity index is 1.32. The first-order chi connectivity index (χ1) is 18.1. The number of urea groups is 1. The number of hydrazine groups is 1. The standard InChI is InChI=1S/C28H26N4O5/c1-35-26-15-23-24(16-27(26)36-2)29-13-12-25(23)37-22-10-7-20(8-11-22)31-28(34)32(30-17-33)21-9-6-18-4-3-5-19(18)14-21/h6-17H,3-5H2,1-2H3,(H,30,33)(H,31,34). The second kappa shape index (κ2) is 10.4. The van der Waals surface area contributed by atoms with Gasteiger partial charge in [-0.2, -0.15) is 0 Å². The Bertz CT molecular complexity index is 1460. The molecule has 9 heteroatoms. The highest BCUT2D eigenvalue weighted by molar-refractivity contribution is 6.02. The van der Waals surface area contributed by atoms with Crippen LogP contribution in [0.4, 0.5) is 16.2 Å². The molecule has 3 aromatic carbocycles. The molecule has 0 fully saturated rings. The largest absolute Gasteiger partial charge is 0.493 e. The number of aromatic nitrogens is 1. The van der Waals surface area contributed by atoms with Gasteiger partial charge in [0.2, 0.25) is 6.41 Å². The summed E-state index contributed by atoms with van der Waals surface area (Å²) in [6, 6.07) is 17.6. The van der Waals surface area contributed by atoms with Gasteiger partial charge in [-0.25, -0.2) is 9.80 Å². The summed E-state index contributed by atoms with van der Waals surface area (Å²) in [5.74, 6) is 2.32. The molecule has 4 aromatic rings. The first kappa shape index (κ1) is 23.9. The molecule has 0 saturated carbocycles. The minimum atomic E-state index is -0.486. The molecule has 0 radical (unpaired) electrons. The lowest BCUT2D eigenvalue weighted by atomic mass is 10.1. The van der Waals surface area contributed by atoms with Gasteiger partial charge >= 0.3 is 6.03 Å². The van der Waals surface area contributed by atoms with Gasteiger partial charge < -0.3 is 19.5 Å². The number of methoxy groups -OCH3 is 2. The van der Waals surface area contributed by atoms with Crippen molar-refractivity contribution in [3.8, 4) is 23.0 Å². The molecule has 0 unspecified atom stereocenters. The normalized spacial score (nSPS) is 11.9. The van der Waals surface area contributed by atoms with Crippen LogP contribution < -0.4 is 30.0 Å². The van der Waals surface area contributed by atoms with Gasteiger partial charge in [-0.1, -0.05) is 6.07 Å². The summed E-state index contributed by atoms with van der Waals surface area (Å²) >= 11 is 0. The van der Waals surface area contributed by atoms with Crippen molar-refractivity contribution in [3.63, 3.8) is 0 Å². The van der Waals surface area contributed by atoms with E-state index in [0.29, 0.717) is 46.3 Å². The predicted molar refractivity (Wildman–Crippen MR) is 141 cm³/mol. The molecule has 0 saturated heterocycles. The Labute approximate surface area is 213 Å². The number of fused-ring (bicyclic) bond motifs is 2. The first-order valence-corrected chi connectivity index (χ1v) is 11.8. The first-order valence-electron chi connectivity index (χ1n) is 11.8. The van der Waals surface area contributed by atoms with Gasteiger partial charge in [0.05, 0.1) is 25.4 Å². The van der Waals surface area contributed by atoms with Crippen molar-refractivity contribution in [2.75, 3.05) is 24.5 Å². The Morgan fingerprint density at radius 2 is 1.68 bits per heavy atom. The van der Waals surface area contributed by atoms with Gasteiger partial charge in [-0.3, -0.25) is 15.2 Å². The third kappa shape index (κ3) is 4.97. The lowest BCUT2D eigenvalue weighted by molar-refractivity contribution is -0.109. The zero-order chi connectivity index (χ0) is 25.8. The number of hydrogen-bond donors (Lipinski definition) is 2. The highest BCUT2D eigenvalue weighted by Gasteiger charge is 2.19. The summed E-state index contributed by atoms with van der Waals surface area (Å²) in [7, 11) is 3.15. The number of benzene rings is 3. The van der Waals surface area contributed by atoms with Crippen LogP contribution in [0.25, 0.3) is 10.9 Å². The molecule has 0 atom stereocenters. The second-order valence-corrected chi connectivity index (χ2v) is 8.48. The van der Waals surface area contributed by atoms with E-state index in [1.54, 1.807) is 56.8 Å². The number of ether oxygens (including phenoxy) is 3. The van der Waals surface area contributed by atoms with Crippen molar-refractivity contribution >= 4 is 34.7 Å². The van der Waals surface area contributed by atoms with Gasteiger partial charge in [0.1, 0.15) is 11.5 Å². The Hall–Kier alpha value is -4.79. The number of anilines is 2. The highest BCUT2D eigenvalue weighted by Crippen LogP contribution is 2.37. The van der Waals surface area contributed by atoms with E-state index >= 15 is 0 Å². The molecule has 3 amide bonds. The molecule has 188 valence electrons. The van der Waals surface area contributed by atoms with E-state index in [-0.39, 0.29) is 0 Å². The SMILES string of the molecule is COc1cc2nccc(Oc3ccc(NC(=O)N(NC=O)c4ccc5c(c4)CCC5)cc3)c2cc1OC. The minimum Gasteiger partial charge on any atom is -0.493 e. The van der Waals surface area contributed by atoms with E-state index < -0.39 is 6.03 Å². The van der Waals surface area contributed by atoms with Gasteiger partial charge in [0.25, 0.3) is 0 Å². The van der Waals surface area contributed by atoms with Gasteiger partial charge in [0.15, 0.2) is 11.5 Å². The Morgan fingerprint density at radius 1 is 0.919 bits per heavy atom. The van der Waals surface area contributed by atoms with Crippen LogP contribution >= 0.6 is 0 Å². The number of nitrogens with zero attached hydrogens (tertiary/aromatic N) is 2. The summed E-state index contributed by atoms with van der Waals surface area (Å²) in [6.45, 7) is 0. The average Bonchev–Trinajstić information content (AvgIpc) is 3.40. The lowest BCUT2D eigenvalue weighted by Crippen LogP contribution is -2.45. The molecule has 9 nitrogen and oxygen atoms in total. The third-order valence-corrected chi connectivity index (χ3v) is 6.27. The van der Waals surface area contributed by atoms with Crippen LogP contribution in [0.3, 0.4) is 0 Å². The number of aryl methyl sites for hydroxylation is 2. The number of carbonyl (C=O) groups is 2. The van der Waals surface area contributed by atoms with E-state index in [1.165, 1.54) is 16.1 Å². The van der Waals surface area contributed by atoms with Crippen LogP contribution in [0.5, 0.6) is 23.0 Å². The molecule has 1 aliphatic rings. The molecule has 0 bridgehead atoms. The zero-order valence-corrected chi connectivity index (χ0v) is 20.5. The minimum absolute atomic E-state index is 0.480. The van der Waals surface area contributed by atoms with Crippen LogP contribution in [-0.4, -0.2) is 31.6 Å². The maximum absolute atomic E-state index is 13.0. The van der Waals surface area contributed by atoms with Crippen LogP contribution in [-0.2, 0) is 17.6 Å². The molecule has 1 aromatic heterocycles. The number of hydrogen-bond acceptors (Lipinski definition) is 6. The maximum atomic E-state index is 13.0. The fraction of sp³-hybridized carbons (Fsp3) is 0.179. The molecule has 1 aliphatic carbocycles. The summed E-state index contributed by atoms with van der Waals surface area (Å²) in [5.41, 5.74) is 6.81.